The van der Waals surface area contributed by atoms with Gasteiger partial charge in [0.15, 0.2) is 5.65 Å². The maximum absolute atomic E-state index is 13.1. The third-order valence-corrected chi connectivity index (χ3v) is 6.17. The fourth-order valence-corrected chi connectivity index (χ4v) is 4.66. The number of fused-ring (bicyclic) bond motifs is 1. The van der Waals surface area contributed by atoms with Crippen LogP contribution in [0.3, 0.4) is 0 Å². The van der Waals surface area contributed by atoms with Crippen LogP contribution in [0.1, 0.15) is 47.7 Å². The molecule has 0 saturated carbocycles. The van der Waals surface area contributed by atoms with Gasteiger partial charge in [0.1, 0.15) is 6.33 Å². The zero-order chi connectivity index (χ0) is 19.8. The van der Waals surface area contributed by atoms with E-state index in [1.165, 1.54) is 0 Å². The fraction of sp³-hybridized carbons (Fsp3) is 0.409. The van der Waals surface area contributed by atoms with Crippen LogP contribution in [0.5, 0.6) is 0 Å². The highest BCUT2D eigenvalue weighted by Crippen LogP contribution is 2.43. The van der Waals surface area contributed by atoms with Gasteiger partial charge in [0.05, 0.1) is 23.4 Å². The second-order valence-corrected chi connectivity index (χ2v) is 8.07. The molecule has 7 heteroatoms. The van der Waals surface area contributed by atoms with Crippen LogP contribution < -0.4 is 0 Å². The van der Waals surface area contributed by atoms with Gasteiger partial charge in [0.2, 0.25) is 0 Å². The average Bonchev–Trinajstić information content (AvgIpc) is 3.23. The first kappa shape index (κ1) is 18.3. The first-order valence-electron chi connectivity index (χ1n) is 10.1. The number of aliphatic hydroxyl groups is 1. The molecule has 4 heterocycles. The first-order chi connectivity index (χ1) is 14.1. The van der Waals surface area contributed by atoms with Crippen LogP contribution in [0.25, 0.3) is 5.65 Å². The highest BCUT2D eigenvalue weighted by Gasteiger charge is 2.44. The summed E-state index contributed by atoms with van der Waals surface area (Å²) in [5.74, 6) is -0.0329. The Morgan fingerprint density at radius 1 is 1.14 bits per heavy atom. The standard InChI is InChI=1S/C22H24N4O3/c27-17-13-19(16-5-2-1-3-6-16)29-22(14-17)8-11-25(12-9-22)21(28)18-7-4-10-26-15-23-24-20(18)26/h1-7,10,15,17,19,27H,8-9,11-14H2/t17-,19-/m1/s1. The number of hydrogen-bond donors (Lipinski definition) is 1. The summed E-state index contributed by atoms with van der Waals surface area (Å²) in [7, 11) is 0. The largest absolute Gasteiger partial charge is 0.393 e. The minimum Gasteiger partial charge on any atom is -0.393 e. The lowest BCUT2D eigenvalue weighted by molar-refractivity contribution is -0.181. The molecular weight excluding hydrogens is 368 g/mol. The molecule has 2 aliphatic heterocycles. The van der Waals surface area contributed by atoms with Gasteiger partial charge in [-0.05, 0) is 30.5 Å². The predicted molar refractivity (Wildman–Crippen MR) is 106 cm³/mol. The molecule has 2 aliphatic rings. The zero-order valence-corrected chi connectivity index (χ0v) is 16.1. The average molecular weight is 392 g/mol. The number of rotatable bonds is 2. The topological polar surface area (TPSA) is 80.0 Å². The van der Waals surface area contributed by atoms with Crippen LogP contribution in [0.4, 0.5) is 0 Å². The highest BCUT2D eigenvalue weighted by atomic mass is 16.5. The summed E-state index contributed by atoms with van der Waals surface area (Å²) in [6, 6.07) is 13.7. The van der Waals surface area contributed by atoms with Crippen LogP contribution in [0.2, 0.25) is 0 Å². The zero-order valence-electron chi connectivity index (χ0n) is 16.1. The molecule has 0 bridgehead atoms. The molecule has 0 radical (unpaired) electrons. The van der Waals surface area contributed by atoms with Crippen molar-refractivity contribution < 1.29 is 14.6 Å². The van der Waals surface area contributed by atoms with E-state index < -0.39 is 0 Å². The van der Waals surface area contributed by atoms with E-state index >= 15 is 0 Å². The lowest BCUT2D eigenvalue weighted by Crippen LogP contribution is -2.52. The lowest BCUT2D eigenvalue weighted by Gasteiger charge is -2.48. The Morgan fingerprint density at radius 2 is 1.93 bits per heavy atom. The fourth-order valence-electron chi connectivity index (χ4n) is 4.66. The molecule has 0 unspecified atom stereocenters. The Bertz CT molecular complexity index is 1010. The van der Waals surface area contributed by atoms with Crippen molar-refractivity contribution in [2.24, 2.45) is 0 Å². The van der Waals surface area contributed by atoms with Crippen molar-refractivity contribution in [3.05, 3.63) is 66.1 Å². The van der Waals surface area contributed by atoms with Crippen LogP contribution in [-0.4, -0.2) is 55.3 Å². The number of carbonyl (C=O) groups is 1. The van der Waals surface area contributed by atoms with Gasteiger partial charge >= 0.3 is 0 Å². The molecule has 150 valence electrons. The summed E-state index contributed by atoms with van der Waals surface area (Å²) in [5.41, 5.74) is 1.86. The van der Waals surface area contributed by atoms with Crippen molar-refractivity contribution in [2.45, 2.75) is 43.5 Å². The van der Waals surface area contributed by atoms with Gasteiger partial charge in [-0.15, -0.1) is 10.2 Å². The van der Waals surface area contributed by atoms with Crippen molar-refractivity contribution in [1.82, 2.24) is 19.5 Å². The number of aromatic nitrogens is 3. The van der Waals surface area contributed by atoms with Crippen LogP contribution in [-0.2, 0) is 4.74 Å². The van der Waals surface area contributed by atoms with Gasteiger partial charge in [0.25, 0.3) is 5.91 Å². The van der Waals surface area contributed by atoms with Crippen molar-refractivity contribution in [2.75, 3.05) is 13.1 Å². The van der Waals surface area contributed by atoms with E-state index in [9.17, 15) is 9.90 Å². The lowest BCUT2D eigenvalue weighted by atomic mass is 9.81. The molecule has 1 amide bonds. The molecule has 29 heavy (non-hydrogen) atoms. The number of likely N-dealkylation sites (tertiary alicyclic amines) is 1. The Labute approximate surface area is 168 Å². The summed E-state index contributed by atoms with van der Waals surface area (Å²) in [4.78, 5) is 14.9. The van der Waals surface area contributed by atoms with E-state index in [1.54, 1.807) is 16.8 Å². The minimum atomic E-state index is -0.388. The molecular formula is C22H24N4O3. The monoisotopic (exact) mass is 392 g/mol. The molecule has 2 fully saturated rings. The molecule has 1 spiro atoms. The van der Waals surface area contributed by atoms with E-state index in [0.717, 1.165) is 18.4 Å². The number of benzene rings is 1. The van der Waals surface area contributed by atoms with E-state index in [4.69, 9.17) is 4.74 Å². The molecule has 0 aliphatic carbocycles. The normalized spacial score (nSPS) is 24.1. The Hall–Kier alpha value is -2.77. The third kappa shape index (κ3) is 3.41. The molecule has 3 aromatic rings. The number of aliphatic hydroxyl groups excluding tert-OH is 1. The maximum Gasteiger partial charge on any atom is 0.257 e. The van der Waals surface area contributed by atoms with E-state index in [1.807, 2.05) is 47.5 Å². The van der Waals surface area contributed by atoms with Gasteiger partial charge in [-0.2, -0.15) is 0 Å². The first-order valence-corrected chi connectivity index (χ1v) is 10.1. The minimum absolute atomic E-state index is 0.0329. The third-order valence-electron chi connectivity index (χ3n) is 6.17. The van der Waals surface area contributed by atoms with Gasteiger partial charge in [0, 0.05) is 32.1 Å². The number of hydrogen-bond acceptors (Lipinski definition) is 5. The van der Waals surface area contributed by atoms with Crippen molar-refractivity contribution in [3.63, 3.8) is 0 Å². The molecule has 2 saturated heterocycles. The van der Waals surface area contributed by atoms with Gasteiger partial charge in [-0.25, -0.2) is 0 Å². The SMILES string of the molecule is O=C(c1cccn2cnnc12)N1CCC2(CC1)C[C@H](O)C[C@H](c1ccccc1)O2. The number of ether oxygens (including phenoxy) is 1. The molecule has 2 aromatic heterocycles. The molecule has 5 rings (SSSR count). The Balaban J connectivity index is 1.31. The summed E-state index contributed by atoms with van der Waals surface area (Å²) in [6.07, 6.45) is 5.61. The quantitative estimate of drug-likeness (QED) is 0.725. The van der Waals surface area contributed by atoms with Crippen molar-refractivity contribution in [3.8, 4) is 0 Å². The number of amides is 1. The summed E-state index contributed by atoms with van der Waals surface area (Å²) >= 11 is 0. The van der Waals surface area contributed by atoms with E-state index in [2.05, 4.69) is 10.2 Å². The number of pyridine rings is 1. The van der Waals surface area contributed by atoms with Crippen LogP contribution >= 0.6 is 0 Å². The Kier molecular flexibility index (Phi) is 4.56. The van der Waals surface area contributed by atoms with Crippen molar-refractivity contribution in [1.29, 1.82) is 0 Å². The summed E-state index contributed by atoms with van der Waals surface area (Å²) < 4.78 is 8.29. The van der Waals surface area contributed by atoms with Crippen LogP contribution in [0, 0.1) is 0 Å². The van der Waals surface area contributed by atoms with E-state index in [0.29, 0.717) is 37.1 Å². The molecule has 1 N–H and O–H groups in total. The number of nitrogens with zero attached hydrogens (tertiary/aromatic N) is 4. The molecule has 2 atom stereocenters. The number of carbonyl (C=O) groups excluding carboxylic acids is 1. The second kappa shape index (κ2) is 7.24. The number of piperidine rings is 1. The second-order valence-electron chi connectivity index (χ2n) is 8.07. The predicted octanol–water partition coefficient (Wildman–Crippen LogP) is 2.62. The maximum atomic E-state index is 13.1. The van der Waals surface area contributed by atoms with Gasteiger partial charge in [-0.1, -0.05) is 30.3 Å². The summed E-state index contributed by atoms with van der Waals surface area (Å²) in [5, 5.41) is 18.5. The Morgan fingerprint density at radius 3 is 2.72 bits per heavy atom. The smallest absolute Gasteiger partial charge is 0.257 e. The van der Waals surface area contributed by atoms with Gasteiger partial charge < -0.3 is 14.7 Å². The van der Waals surface area contributed by atoms with Crippen LogP contribution in [0.15, 0.2) is 55.0 Å². The highest BCUT2D eigenvalue weighted by molar-refractivity contribution is 5.99. The van der Waals surface area contributed by atoms with Crippen molar-refractivity contribution >= 4 is 11.6 Å². The van der Waals surface area contributed by atoms with E-state index in [-0.39, 0.29) is 23.7 Å². The molecule has 1 aromatic carbocycles. The van der Waals surface area contributed by atoms with Gasteiger partial charge in [-0.3, -0.25) is 9.20 Å². The summed E-state index contributed by atoms with van der Waals surface area (Å²) in [6.45, 7) is 1.20. The molecule has 7 nitrogen and oxygen atoms in total.